The number of carbonyl (C=O) groups excluding carboxylic acids is 1. The molecule has 1 heterocycles. The number of quaternary nitrogens is 1. The lowest BCUT2D eigenvalue weighted by molar-refractivity contribution is -0.880. The van der Waals surface area contributed by atoms with E-state index in [4.69, 9.17) is 0 Å². The van der Waals surface area contributed by atoms with Crippen LogP contribution in [-0.2, 0) is 11.2 Å². The fourth-order valence-corrected chi connectivity index (χ4v) is 2.88. The molecule has 1 saturated heterocycles. The Morgan fingerprint density at radius 3 is 2.68 bits per heavy atom. The molecule has 0 bridgehead atoms. The largest absolute Gasteiger partial charge is 0.337 e. The van der Waals surface area contributed by atoms with Gasteiger partial charge in [-0.3, -0.25) is 4.79 Å². The third-order valence-corrected chi connectivity index (χ3v) is 4.25. The van der Waals surface area contributed by atoms with E-state index in [9.17, 15) is 4.79 Å². The van der Waals surface area contributed by atoms with Crippen LogP contribution in [0.25, 0.3) is 10.8 Å². The zero-order valence-corrected chi connectivity index (χ0v) is 12.9. The summed E-state index contributed by atoms with van der Waals surface area (Å²) < 4.78 is 0. The van der Waals surface area contributed by atoms with Crippen LogP contribution in [0.5, 0.6) is 0 Å². The minimum absolute atomic E-state index is 0.0462. The van der Waals surface area contributed by atoms with Gasteiger partial charge in [-0.05, 0) is 16.3 Å². The standard InChI is InChI=1S/C18H21N3O/c1-21-11-9-16(10-12-21)19-20-18(22)13-15-7-4-6-14-5-2-3-8-17(14)15/h2-8H,9-13H2,1H3,(H,20,22)/p+1. The summed E-state index contributed by atoms with van der Waals surface area (Å²) in [6.07, 6.45) is 2.31. The summed E-state index contributed by atoms with van der Waals surface area (Å²) in [5.41, 5.74) is 4.87. The highest BCUT2D eigenvalue weighted by Gasteiger charge is 2.14. The van der Waals surface area contributed by atoms with E-state index in [0.717, 1.165) is 48.0 Å². The second-order valence-corrected chi connectivity index (χ2v) is 5.99. The van der Waals surface area contributed by atoms with Crippen molar-refractivity contribution < 1.29 is 9.69 Å². The van der Waals surface area contributed by atoms with Crippen molar-refractivity contribution >= 4 is 22.4 Å². The number of amides is 1. The van der Waals surface area contributed by atoms with Gasteiger partial charge in [0.1, 0.15) is 0 Å². The highest BCUT2D eigenvalue weighted by molar-refractivity contribution is 5.91. The second-order valence-electron chi connectivity index (χ2n) is 5.99. The van der Waals surface area contributed by atoms with E-state index in [-0.39, 0.29) is 5.91 Å². The average Bonchev–Trinajstić information content (AvgIpc) is 2.55. The maximum Gasteiger partial charge on any atom is 0.244 e. The van der Waals surface area contributed by atoms with Crippen LogP contribution >= 0.6 is 0 Å². The number of nitrogens with one attached hydrogen (secondary N) is 2. The number of rotatable bonds is 3. The Bertz CT molecular complexity index is 693. The molecule has 2 N–H and O–H groups in total. The van der Waals surface area contributed by atoms with E-state index >= 15 is 0 Å². The Morgan fingerprint density at radius 1 is 1.14 bits per heavy atom. The van der Waals surface area contributed by atoms with E-state index in [1.54, 1.807) is 0 Å². The molecule has 0 saturated carbocycles. The smallest absolute Gasteiger partial charge is 0.244 e. The third kappa shape index (κ3) is 3.52. The topological polar surface area (TPSA) is 45.9 Å². The predicted molar refractivity (Wildman–Crippen MR) is 89.1 cm³/mol. The lowest BCUT2D eigenvalue weighted by atomic mass is 10.0. The minimum atomic E-state index is -0.0462. The fourth-order valence-electron chi connectivity index (χ4n) is 2.88. The minimum Gasteiger partial charge on any atom is -0.337 e. The molecule has 22 heavy (non-hydrogen) atoms. The SMILES string of the molecule is C[NH+]1CCC(=NNC(=O)Cc2cccc3ccccc23)CC1. The van der Waals surface area contributed by atoms with Crippen molar-refractivity contribution in [1.82, 2.24) is 5.43 Å². The normalized spacial score (nSPS) is 18.2. The first kappa shape index (κ1) is 14.7. The summed E-state index contributed by atoms with van der Waals surface area (Å²) in [6, 6.07) is 14.2. The Labute approximate surface area is 130 Å². The number of likely N-dealkylation sites (tertiary alicyclic amines) is 1. The van der Waals surface area contributed by atoms with Crippen LogP contribution in [0.15, 0.2) is 47.6 Å². The Hall–Kier alpha value is -2.20. The quantitative estimate of drug-likeness (QED) is 0.821. The molecule has 3 rings (SSSR count). The molecule has 0 atom stereocenters. The second kappa shape index (κ2) is 6.71. The molecule has 1 fully saturated rings. The highest BCUT2D eigenvalue weighted by Crippen LogP contribution is 2.18. The van der Waals surface area contributed by atoms with Gasteiger partial charge < -0.3 is 4.90 Å². The van der Waals surface area contributed by atoms with Crippen molar-refractivity contribution in [2.24, 2.45) is 5.10 Å². The van der Waals surface area contributed by atoms with Gasteiger partial charge in [-0.2, -0.15) is 5.10 Å². The number of hydrogen-bond donors (Lipinski definition) is 2. The summed E-state index contributed by atoms with van der Waals surface area (Å²) in [7, 11) is 2.19. The van der Waals surface area contributed by atoms with Crippen molar-refractivity contribution in [3.8, 4) is 0 Å². The van der Waals surface area contributed by atoms with Gasteiger partial charge in [0.05, 0.1) is 26.6 Å². The molecule has 1 aliphatic rings. The molecule has 0 unspecified atom stereocenters. The monoisotopic (exact) mass is 296 g/mol. The fraction of sp³-hybridized carbons (Fsp3) is 0.333. The van der Waals surface area contributed by atoms with Gasteiger partial charge in [0.15, 0.2) is 0 Å². The van der Waals surface area contributed by atoms with E-state index in [2.05, 4.69) is 35.8 Å². The van der Waals surface area contributed by atoms with Crippen LogP contribution in [-0.4, -0.2) is 31.8 Å². The van der Waals surface area contributed by atoms with Crippen molar-refractivity contribution in [2.75, 3.05) is 20.1 Å². The number of hydrazone groups is 1. The Morgan fingerprint density at radius 2 is 1.86 bits per heavy atom. The molecule has 4 heteroatoms. The van der Waals surface area contributed by atoms with Gasteiger partial charge in [0, 0.05) is 18.6 Å². The van der Waals surface area contributed by atoms with Gasteiger partial charge in [-0.15, -0.1) is 0 Å². The number of benzene rings is 2. The van der Waals surface area contributed by atoms with Crippen molar-refractivity contribution in [1.29, 1.82) is 0 Å². The predicted octanol–water partition coefficient (Wildman–Crippen LogP) is 1.16. The lowest BCUT2D eigenvalue weighted by Gasteiger charge is -2.20. The number of piperidine rings is 1. The number of hydrogen-bond acceptors (Lipinski definition) is 2. The van der Waals surface area contributed by atoms with Gasteiger partial charge >= 0.3 is 0 Å². The van der Waals surface area contributed by atoms with Crippen LogP contribution in [0.1, 0.15) is 18.4 Å². The van der Waals surface area contributed by atoms with Gasteiger partial charge in [0.25, 0.3) is 0 Å². The van der Waals surface area contributed by atoms with Crippen molar-refractivity contribution in [2.45, 2.75) is 19.3 Å². The van der Waals surface area contributed by atoms with Crippen molar-refractivity contribution in [3.05, 3.63) is 48.0 Å². The summed E-state index contributed by atoms with van der Waals surface area (Å²) in [6.45, 7) is 2.19. The number of carbonyl (C=O) groups is 1. The number of fused-ring (bicyclic) bond motifs is 1. The third-order valence-electron chi connectivity index (χ3n) is 4.25. The molecule has 0 spiro atoms. The molecule has 0 aromatic heterocycles. The van der Waals surface area contributed by atoms with Gasteiger partial charge in [-0.25, -0.2) is 5.43 Å². The zero-order chi connectivity index (χ0) is 15.4. The molecule has 0 aliphatic carbocycles. The van der Waals surface area contributed by atoms with Crippen molar-refractivity contribution in [3.63, 3.8) is 0 Å². The maximum absolute atomic E-state index is 12.1. The molecular weight excluding hydrogens is 274 g/mol. The first-order valence-corrected chi connectivity index (χ1v) is 7.84. The summed E-state index contributed by atoms with van der Waals surface area (Å²) in [4.78, 5) is 13.7. The molecule has 114 valence electrons. The zero-order valence-electron chi connectivity index (χ0n) is 12.9. The summed E-state index contributed by atoms with van der Waals surface area (Å²) in [5.74, 6) is -0.0462. The maximum atomic E-state index is 12.1. The molecule has 1 amide bonds. The van der Waals surface area contributed by atoms with Gasteiger partial charge in [0.2, 0.25) is 5.91 Å². The average molecular weight is 296 g/mol. The lowest BCUT2D eigenvalue weighted by Crippen LogP contribution is -3.10. The Kier molecular flexibility index (Phi) is 4.49. The molecule has 4 nitrogen and oxygen atoms in total. The van der Waals surface area contributed by atoms with Crippen LogP contribution in [0.3, 0.4) is 0 Å². The molecule has 2 aromatic rings. The van der Waals surface area contributed by atoms with Gasteiger partial charge in [-0.1, -0.05) is 42.5 Å². The molecule has 1 aliphatic heterocycles. The van der Waals surface area contributed by atoms with E-state index in [1.807, 2.05) is 24.3 Å². The molecule has 0 radical (unpaired) electrons. The first-order valence-electron chi connectivity index (χ1n) is 7.84. The molecule has 2 aromatic carbocycles. The summed E-state index contributed by atoms with van der Waals surface area (Å²) in [5, 5.41) is 6.60. The number of nitrogens with zero attached hydrogens (tertiary/aromatic N) is 1. The van der Waals surface area contributed by atoms with Crippen LogP contribution in [0, 0.1) is 0 Å². The van der Waals surface area contributed by atoms with E-state index in [1.165, 1.54) is 4.90 Å². The van der Waals surface area contributed by atoms with Crippen LogP contribution in [0.4, 0.5) is 0 Å². The molecular formula is C18H22N3O+. The van der Waals surface area contributed by atoms with E-state index < -0.39 is 0 Å². The Balaban J connectivity index is 1.65. The highest BCUT2D eigenvalue weighted by atomic mass is 16.2. The van der Waals surface area contributed by atoms with E-state index in [0.29, 0.717) is 6.42 Å². The van der Waals surface area contributed by atoms with Crippen LogP contribution < -0.4 is 10.3 Å². The first-order chi connectivity index (χ1) is 10.7. The summed E-state index contributed by atoms with van der Waals surface area (Å²) >= 11 is 0. The van der Waals surface area contributed by atoms with Crippen LogP contribution in [0.2, 0.25) is 0 Å².